The first-order chi connectivity index (χ1) is 9.20. The molecule has 0 aliphatic carbocycles. The van der Waals surface area contributed by atoms with E-state index in [0.717, 1.165) is 0 Å². The van der Waals surface area contributed by atoms with Crippen molar-refractivity contribution in [2.45, 2.75) is 6.92 Å². The zero-order valence-corrected chi connectivity index (χ0v) is 10.8. The molecule has 0 aliphatic rings. The van der Waals surface area contributed by atoms with Gasteiger partial charge in [-0.3, -0.25) is 9.78 Å². The SMILES string of the molecule is CCOC(=O)/C(=C\Nc1ccn[nH]1)c1ccn(C)n1. The Balaban J connectivity index is 2.23. The highest BCUT2D eigenvalue weighted by Gasteiger charge is 2.15. The monoisotopic (exact) mass is 261 g/mol. The highest BCUT2D eigenvalue weighted by molar-refractivity contribution is 6.16. The number of esters is 1. The van der Waals surface area contributed by atoms with E-state index in [1.165, 1.54) is 0 Å². The van der Waals surface area contributed by atoms with Gasteiger partial charge in [-0.2, -0.15) is 10.2 Å². The molecule has 100 valence electrons. The molecule has 0 spiro atoms. The van der Waals surface area contributed by atoms with Crippen molar-refractivity contribution >= 4 is 17.4 Å². The number of anilines is 1. The largest absolute Gasteiger partial charge is 0.462 e. The molecule has 0 atom stereocenters. The summed E-state index contributed by atoms with van der Waals surface area (Å²) < 4.78 is 6.64. The lowest BCUT2D eigenvalue weighted by Gasteiger charge is -2.05. The minimum absolute atomic E-state index is 0.313. The summed E-state index contributed by atoms with van der Waals surface area (Å²) >= 11 is 0. The summed E-state index contributed by atoms with van der Waals surface area (Å²) in [5.74, 6) is 0.256. The predicted octanol–water partition coefficient (Wildman–Crippen LogP) is 1.16. The molecule has 0 aliphatic heterocycles. The summed E-state index contributed by atoms with van der Waals surface area (Å²) in [7, 11) is 1.79. The van der Waals surface area contributed by atoms with Gasteiger partial charge >= 0.3 is 5.97 Å². The summed E-state index contributed by atoms with van der Waals surface area (Å²) in [6.45, 7) is 2.07. The molecule has 7 heteroatoms. The Morgan fingerprint density at radius 2 is 2.42 bits per heavy atom. The third-order valence-electron chi connectivity index (χ3n) is 2.36. The molecule has 0 unspecified atom stereocenters. The lowest BCUT2D eigenvalue weighted by molar-refractivity contribution is -0.136. The summed E-state index contributed by atoms with van der Waals surface area (Å²) in [6.07, 6.45) is 4.92. The number of H-pyrrole nitrogens is 1. The molecule has 0 saturated carbocycles. The van der Waals surface area contributed by atoms with Crippen LogP contribution in [0.1, 0.15) is 12.6 Å². The summed E-state index contributed by atoms with van der Waals surface area (Å²) in [6, 6.07) is 3.50. The molecular formula is C12H15N5O2. The van der Waals surface area contributed by atoms with E-state index in [-0.39, 0.29) is 0 Å². The van der Waals surface area contributed by atoms with Gasteiger partial charge in [-0.1, -0.05) is 0 Å². The van der Waals surface area contributed by atoms with Crippen molar-refractivity contribution < 1.29 is 9.53 Å². The van der Waals surface area contributed by atoms with Gasteiger partial charge in [0.05, 0.1) is 12.8 Å². The van der Waals surface area contributed by atoms with Gasteiger partial charge in [0.15, 0.2) is 0 Å². The van der Waals surface area contributed by atoms with Crippen LogP contribution in [0, 0.1) is 0 Å². The molecule has 0 saturated heterocycles. The molecule has 19 heavy (non-hydrogen) atoms. The van der Waals surface area contributed by atoms with Crippen LogP contribution in [0.4, 0.5) is 5.82 Å². The zero-order chi connectivity index (χ0) is 13.7. The standard InChI is InChI=1S/C12H15N5O2/c1-3-19-12(18)9(10-5-7-17(2)16-10)8-13-11-4-6-14-15-11/h4-8H,3H2,1-2H3,(H2,13,14,15)/b9-8-. The first-order valence-electron chi connectivity index (χ1n) is 5.84. The molecule has 0 amide bonds. The van der Waals surface area contributed by atoms with Crippen molar-refractivity contribution in [1.29, 1.82) is 0 Å². The van der Waals surface area contributed by atoms with E-state index in [2.05, 4.69) is 20.6 Å². The second-order valence-electron chi connectivity index (χ2n) is 3.77. The first kappa shape index (κ1) is 12.9. The van der Waals surface area contributed by atoms with E-state index >= 15 is 0 Å². The van der Waals surface area contributed by atoms with Crippen LogP contribution in [-0.2, 0) is 16.6 Å². The lowest BCUT2D eigenvalue weighted by atomic mass is 10.2. The fraction of sp³-hybridized carbons (Fsp3) is 0.250. The Morgan fingerprint density at radius 3 is 3.00 bits per heavy atom. The molecule has 2 heterocycles. The number of ether oxygens (including phenoxy) is 1. The molecule has 2 rings (SSSR count). The minimum Gasteiger partial charge on any atom is -0.462 e. The van der Waals surface area contributed by atoms with Crippen LogP contribution in [0.2, 0.25) is 0 Å². The average Bonchev–Trinajstić information content (AvgIpc) is 3.02. The van der Waals surface area contributed by atoms with Crippen molar-refractivity contribution in [3.63, 3.8) is 0 Å². The minimum atomic E-state index is -0.423. The number of carbonyl (C=O) groups is 1. The number of aryl methyl sites for hydroxylation is 1. The Kier molecular flexibility index (Phi) is 3.97. The van der Waals surface area contributed by atoms with Crippen molar-refractivity contribution in [2.24, 2.45) is 7.05 Å². The van der Waals surface area contributed by atoms with Crippen LogP contribution in [0.3, 0.4) is 0 Å². The van der Waals surface area contributed by atoms with Gasteiger partial charge in [-0.05, 0) is 13.0 Å². The van der Waals surface area contributed by atoms with E-state index in [9.17, 15) is 4.79 Å². The number of rotatable bonds is 5. The predicted molar refractivity (Wildman–Crippen MR) is 70.0 cm³/mol. The van der Waals surface area contributed by atoms with Crippen LogP contribution < -0.4 is 5.32 Å². The molecule has 2 aromatic heterocycles. The Labute approximate surface area is 110 Å². The first-order valence-corrected chi connectivity index (χ1v) is 5.84. The van der Waals surface area contributed by atoms with E-state index in [1.807, 2.05) is 0 Å². The normalized spacial score (nSPS) is 11.4. The van der Waals surface area contributed by atoms with Gasteiger partial charge in [0, 0.05) is 25.5 Å². The molecule has 7 nitrogen and oxygen atoms in total. The van der Waals surface area contributed by atoms with E-state index in [4.69, 9.17) is 4.74 Å². The molecule has 0 radical (unpaired) electrons. The number of carbonyl (C=O) groups excluding carboxylic acids is 1. The van der Waals surface area contributed by atoms with E-state index in [1.54, 1.807) is 49.4 Å². The van der Waals surface area contributed by atoms with E-state index < -0.39 is 5.97 Å². The topological polar surface area (TPSA) is 84.8 Å². The second kappa shape index (κ2) is 5.85. The molecule has 2 aromatic rings. The summed E-state index contributed by atoms with van der Waals surface area (Å²) in [4.78, 5) is 11.9. The number of hydrogen-bond donors (Lipinski definition) is 2. The van der Waals surface area contributed by atoms with E-state index in [0.29, 0.717) is 23.7 Å². The van der Waals surface area contributed by atoms with Gasteiger partial charge < -0.3 is 10.1 Å². The summed E-state index contributed by atoms with van der Waals surface area (Å²) in [5.41, 5.74) is 0.907. The number of hydrogen-bond acceptors (Lipinski definition) is 5. The Hall–Kier alpha value is -2.57. The number of aromatic nitrogens is 4. The maximum atomic E-state index is 11.9. The summed E-state index contributed by atoms with van der Waals surface area (Å²) in [5, 5.41) is 13.7. The van der Waals surface area contributed by atoms with Crippen LogP contribution in [0.5, 0.6) is 0 Å². The maximum Gasteiger partial charge on any atom is 0.341 e. The fourth-order valence-electron chi connectivity index (χ4n) is 1.49. The third kappa shape index (κ3) is 3.21. The fourth-order valence-corrected chi connectivity index (χ4v) is 1.49. The molecule has 0 fully saturated rings. The van der Waals surface area contributed by atoms with Crippen LogP contribution in [-0.4, -0.2) is 32.6 Å². The highest BCUT2D eigenvalue weighted by Crippen LogP contribution is 2.14. The van der Waals surface area contributed by atoms with Crippen LogP contribution in [0.25, 0.3) is 5.57 Å². The Morgan fingerprint density at radius 1 is 1.58 bits per heavy atom. The molecular weight excluding hydrogens is 246 g/mol. The third-order valence-corrected chi connectivity index (χ3v) is 2.36. The van der Waals surface area contributed by atoms with Crippen LogP contribution in [0.15, 0.2) is 30.7 Å². The van der Waals surface area contributed by atoms with Crippen molar-refractivity contribution in [3.05, 3.63) is 36.4 Å². The molecule has 2 N–H and O–H groups in total. The maximum absolute atomic E-state index is 11.9. The van der Waals surface area contributed by atoms with Crippen molar-refractivity contribution in [3.8, 4) is 0 Å². The lowest BCUT2D eigenvalue weighted by Crippen LogP contribution is -2.09. The zero-order valence-electron chi connectivity index (χ0n) is 10.8. The number of aromatic amines is 1. The van der Waals surface area contributed by atoms with Gasteiger partial charge in [0.2, 0.25) is 0 Å². The van der Waals surface area contributed by atoms with Gasteiger partial charge in [0.25, 0.3) is 0 Å². The van der Waals surface area contributed by atoms with Crippen molar-refractivity contribution in [2.75, 3.05) is 11.9 Å². The van der Waals surface area contributed by atoms with Crippen molar-refractivity contribution in [1.82, 2.24) is 20.0 Å². The number of nitrogens with zero attached hydrogens (tertiary/aromatic N) is 3. The molecule has 0 aromatic carbocycles. The van der Waals surface area contributed by atoms with Gasteiger partial charge in [-0.15, -0.1) is 0 Å². The smallest absolute Gasteiger partial charge is 0.341 e. The number of nitrogens with one attached hydrogen (secondary N) is 2. The van der Waals surface area contributed by atoms with Gasteiger partial charge in [0.1, 0.15) is 17.1 Å². The van der Waals surface area contributed by atoms with Gasteiger partial charge in [-0.25, -0.2) is 4.79 Å². The van der Waals surface area contributed by atoms with Crippen LogP contribution >= 0.6 is 0 Å². The Bertz CT molecular complexity index is 571. The highest BCUT2D eigenvalue weighted by atomic mass is 16.5. The average molecular weight is 261 g/mol. The second-order valence-corrected chi connectivity index (χ2v) is 3.77. The quantitative estimate of drug-likeness (QED) is 0.623. The molecule has 0 bridgehead atoms.